The zero-order valence-corrected chi connectivity index (χ0v) is 21.7. The fraction of sp³-hybridized carbons (Fsp3) is 0.276. The third-order valence-electron chi connectivity index (χ3n) is 6.11. The van der Waals surface area contributed by atoms with Crippen molar-refractivity contribution < 1.29 is 23.8 Å². The third kappa shape index (κ3) is 5.49. The molecule has 0 amide bonds. The quantitative estimate of drug-likeness (QED) is 0.232. The average Bonchev–Trinajstić information content (AvgIpc) is 3.31. The van der Waals surface area contributed by atoms with E-state index < -0.39 is 11.2 Å². The smallest absolute Gasteiger partial charge is 0.200 e. The Balaban J connectivity index is 1.61. The van der Waals surface area contributed by atoms with E-state index in [1.54, 1.807) is 34.3 Å². The molecule has 2 aromatic heterocycles. The number of Topliss-reactive ketones (excluding diaryl/α,β-unsaturated/α-hetero) is 2. The van der Waals surface area contributed by atoms with Gasteiger partial charge in [-0.3, -0.25) is 14.4 Å². The highest BCUT2D eigenvalue weighted by Crippen LogP contribution is 2.34. The summed E-state index contributed by atoms with van der Waals surface area (Å²) in [6.45, 7) is 6.24. The molecule has 6 nitrogen and oxygen atoms in total. The van der Waals surface area contributed by atoms with Crippen LogP contribution in [0.2, 0.25) is 0 Å². The van der Waals surface area contributed by atoms with Gasteiger partial charge < -0.3 is 14.4 Å². The van der Waals surface area contributed by atoms with Crippen molar-refractivity contribution in [1.29, 1.82) is 0 Å². The topological polar surface area (TPSA) is 85.6 Å². The van der Waals surface area contributed by atoms with Crippen LogP contribution in [0.3, 0.4) is 0 Å². The first-order valence-corrected chi connectivity index (χ1v) is 13.0. The molecule has 0 aliphatic carbocycles. The number of aromatic hydroxyl groups is 1. The van der Waals surface area contributed by atoms with E-state index in [9.17, 15) is 23.9 Å². The second kappa shape index (κ2) is 11.1. The molecule has 0 aliphatic heterocycles. The van der Waals surface area contributed by atoms with Crippen molar-refractivity contribution in [2.24, 2.45) is 0 Å². The van der Waals surface area contributed by atoms with Crippen LogP contribution in [-0.2, 0) is 0 Å². The van der Waals surface area contributed by atoms with Gasteiger partial charge in [0.2, 0.25) is 0 Å². The van der Waals surface area contributed by atoms with Gasteiger partial charge in [0, 0.05) is 58.7 Å². The monoisotopic (exact) mass is 521 g/mol. The molecular formula is C29H28FNO5S. The summed E-state index contributed by atoms with van der Waals surface area (Å²) in [6.07, 6.45) is 3.70. The predicted molar refractivity (Wildman–Crippen MR) is 144 cm³/mol. The Morgan fingerprint density at radius 1 is 1.08 bits per heavy atom. The lowest BCUT2D eigenvalue weighted by Crippen LogP contribution is -2.21. The zero-order chi connectivity index (χ0) is 26.7. The molecule has 0 atom stereocenters. The second-order valence-electron chi connectivity index (χ2n) is 9.10. The molecule has 2 aromatic carbocycles. The highest BCUT2D eigenvalue weighted by atomic mass is 32.1. The fourth-order valence-corrected chi connectivity index (χ4v) is 5.02. The van der Waals surface area contributed by atoms with Crippen LogP contribution >= 0.6 is 11.3 Å². The maximum absolute atomic E-state index is 14.3. The first kappa shape index (κ1) is 26.3. The van der Waals surface area contributed by atoms with Gasteiger partial charge in [0.25, 0.3) is 0 Å². The highest BCUT2D eigenvalue weighted by Gasteiger charge is 2.21. The first-order chi connectivity index (χ1) is 17.7. The molecule has 0 spiro atoms. The Morgan fingerprint density at radius 3 is 2.54 bits per heavy atom. The molecule has 0 fully saturated rings. The zero-order valence-electron chi connectivity index (χ0n) is 20.9. The molecule has 4 rings (SSSR count). The molecule has 192 valence electrons. The Labute approximate surface area is 218 Å². The number of ether oxygens (including phenoxy) is 1. The number of phenols is 1. The minimum atomic E-state index is -0.451. The molecule has 0 aliphatic rings. The van der Waals surface area contributed by atoms with Crippen molar-refractivity contribution in [3.8, 4) is 22.6 Å². The molecule has 0 saturated carbocycles. The fourth-order valence-electron chi connectivity index (χ4n) is 4.05. The molecule has 4 aromatic rings. The lowest BCUT2D eigenvalue weighted by Gasteiger charge is -2.15. The molecule has 0 bridgehead atoms. The van der Waals surface area contributed by atoms with Gasteiger partial charge in [-0.2, -0.15) is 0 Å². The van der Waals surface area contributed by atoms with Crippen LogP contribution in [0.15, 0.2) is 59.0 Å². The molecule has 8 heteroatoms. The predicted octanol–water partition coefficient (Wildman–Crippen LogP) is 6.79. The van der Waals surface area contributed by atoms with Gasteiger partial charge in [-0.05, 0) is 44.5 Å². The number of thiophene rings is 1. The Kier molecular flexibility index (Phi) is 7.88. The Morgan fingerprint density at radius 2 is 1.84 bits per heavy atom. The van der Waals surface area contributed by atoms with E-state index in [-0.39, 0.29) is 47.4 Å². The van der Waals surface area contributed by atoms with Gasteiger partial charge in [-0.1, -0.05) is 19.1 Å². The van der Waals surface area contributed by atoms with Crippen molar-refractivity contribution in [3.63, 3.8) is 0 Å². The molecule has 2 heterocycles. The molecule has 0 unspecified atom stereocenters. The summed E-state index contributed by atoms with van der Waals surface area (Å²) in [5.41, 5.74) is 0.685. The van der Waals surface area contributed by atoms with Crippen LogP contribution in [0, 0.1) is 5.82 Å². The number of ketones is 2. The lowest BCUT2D eigenvalue weighted by molar-refractivity contribution is 0.0916. The third-order valence-corrected chi connectivity index (χ3v) is 7.11. The summed E-state index contributed by atoms with van der Waals surface area (Å²) in [6, 6.07) is 9.08. The van der Waals surface area contributed by atoms with Crippen molar-refractivity contribution in [3.05, 3.63) is 81.3 Å². The Bertz CT molecular complexity index is 1540. The first-order valence-electron chi connectivity index (χ1n) is 12.1. The molecule has 1 N–H and O–H groups in total. The van der Waals surface area contributed by atoms with E-state index in [2.05, 4.69) is 0 Å². The second-order valence-corrected chi connectivity index (χ2v) is 9.98. The van der Waals surface area contributed by atoms with Crippen LogP contribution in [0.4, 0.5) is 4.39 Å². The summed E-state index contributed by atoms with van der Waals surface area (Å²) >= 11 is 1.21. The number of nitrogens with zero attached hydrogens (tertiary/aromatic N) is 1. The van der Waals surface area contributed by atoms with Crippen molar-refractivity contribution in [2.75, 3.05) is 6.61 Å². The number of hydrogen-bond acceptors (Lipinski definition) is 6. The number of hydrogen-bond donors (Lipinski definition) is 1. The number of carbonyl (C=O) groups excluding carboxylic acids is 2. The maximum Gasteiger partial charge on any atom is 0.200 e. The lowest BCUT2D eigenvalue weighted by atomic mass is 9.98. The number of carbonyl (C=O) groups is 2. The number of benzene rings is 2. The SMILES string of the molecule is CCCOc1ccc(C(=O)CCC(=O)c2cn(C(C)C)cc(-c3csc4c(F)cccc34)c2=O)cc1O. The normalized spacial score (nSPS) is 11.3. The number of phenolic OH excluding ortho intramolecular Hbond substituents is 1. The van der Waals surface area contributed by atoms with Crippen molar-refractivity contribution in [1.82, 2.24) is 4.57 Å². The van der Waals surface area contributed by atoms with E-state index in [0.29, 0.717) is 33.6 Å². The maximum atomic E-state index is 14.3. The van der Waals surface area contributed by atoms with Crippen LogP contribution < -0.4 is 10.2 Å². The van der Waals surface area contributed by atoms with E-state index in [4.69, 9.17) is 4.74 Å². The summed E-state index contributed by atoms with van der Waals surface area (Å²) < 4.78 is 21.9. The standard InChI is InChI=1S/C29H28FNO5S/c1-4-12-36-27-11-8-18(13-26(27)34)24(32)9-10-25(33)21-15-31(17(2)3)14-20(28(21)35)22-16-37-29-19(22)6-5-7-23(29)30/h5-8,11,13-17,34H,4,9-10,12H2,1-3H3. The van der Waals surface area contributed by atoms with Gasteiger partial charge >= 0.3 is 0 Å². The highest BCUT2D eigenvalue weighted by molar-refractivity contribution is 7.17. The molecular weight excluding hydrogens is 493 g/mol. The summed E-state index contributed by atoms with van der Waals surface area (Å²) in [5, 5.41) is 12.5. The minimum Gasteiger partial charge on any atom is -0.504 e. The van der Waals surface area contributed by atoms with Gasteiger partial charge in [-0.15, -0.1) is 11.3 Å². The van der Waals surface area contributed by atoms with E-state index in [1.807, 2.05) is 20.8 Å². The Hall–Kier alpha value is -3.78. The van der Waals surface area contributed by atoms with E-state index in [1.165, 1.54) is 35.7 Å². The average molecular weight is 522 g/mol. The number of rotatable bonds is 10. The molecule has 0 radical (unpaired) electrons. The van der Waals surface area contributed by atoms with Crippen LogP contribution in [-0.4, -0.2) is 27.8 Å². The van der Waals surface area contributed by atoms with E-state index >= 15 is 0 Å². The summed E-state index contributed by atoms with van der Waals surface area (Å²) in [7, 11) is 0. The van der Waals surface area contributed by atoms with E-state index in [0.717, 1.165) is 6.42 Å². The van der Waals surface area contributed by atoms with Crippen LogP contribution in [0.25, 0.3) is 21.2 Å². The van der Waals surface area contributed by atoms with Crippen molar-refractivity contribution >= 4 is 33.0 Å². The summed E-state index contributed by atoms with van der Waals surface area (Å²) in [4.78, 5) is 39.3. The largest absolute Gasteiger partial charge is 0.504 e. The minimum absolute atomic E-state index is 0.0130. The van der Waals surface area contributed by atoms with Gasteiger partial charge in [0.05, 0.1) is 16.9 Å². The van der Waals surface area contributed by atoms with Crippen molar-refractivity contribution in [2.45, 2.75) is 46.1 Å². The van der Waals surface area contributed by atoms with Crippen LogP contribution in [0.1, 0.15) is 66.8 Å². The number of pyridine rings is 1. The van der Waals surface area contributed by atoms with Gasteiger partial charge in [0.1, 0.15) is 5.82 Å². The van der Waals surface area contributed by atoms with Gasteiger partial charge in [0.15, 0.2) is 28.5 Å². The molecule has 0 saturated heterocycles. The number of aromatic nitrogens is 1. The number of halogens is 1. The molecule has 37 heavy (non-hydrogen) atoms. The van der Waals surface area contributed by atoms with Crippen LogP contribution in [0.5, 0.6) is 11.5 Å². The van der Waals surface area contributed by atoms with Gasteiger partial charge in [-0.25, -0.2) is 4.39 Å². The summed E-state index contributed by atoms with van der Waals surface area (Å²) in [5.74, 6) is -0.989. The number of fused-ring (bicyclic) bond motifs is 1.